The van der Waals surface area contributed by atoms with E-state index >= 15 is 0 Å². The average Bonchev–Trinajstić information content (AvgIpc) is 2.41. The van der Waals surface area contributed by atoms with Crippen LogP contribution in [0.5, 0.6) is 0 Å². The maximum atomic E-state index is 12.2. The molecule has 0 atom stereocenters. The molecule has 1 heterocycles. The predicted molar refractivity (Wildman–Crippen MR) is 82.0 cm³/mol. The molecule has 1 aromatic rings. The van der Waals surface area contributed by atoms with E-state index in [-0.39, 0.29) is 11.8 Å². The predicted octanol–water partition coefficient (Wildman–Crippen LogP) is 2.20. The number of nitrogens with one attached hydrogen (secondary N) is 1. The number of rotatable bonds is 2. The molecule has 2 amide bonds. The van der Waals surface area contributed by atoms with E-state index in [1.807, 2.05) is 24.3 Å². The van der Waals surface area contributed by atoms with Crippen molar-refractivity contribution in [1.29, 1.82) is 0 Å². The van der Waals surface area contributed by atoms with E-state index in [0.717, 1.165) is 10.0 Å². The Labute approximate surface area is 127 Å². The fourth-order valence-corrected chi connectivity index (χ4v) is 2.38. The van der Waals surface area contributed by atoms with Crippen LogP contribution >= 0.6 is 15.9 Å². The van der Waals surface area contributed by atoms with Crippen molar-refractivity contribution in [1.82, 2.24) is 10.2 Å². The second-order valence-corrected chi connectivity index (χ2v) is 6.11. The Hall–Kier alpha value is -1.62. The number of amides is 2. The highest BCUT2D eigenvalue weighted by molar-refractivity contribution is 9.10. The molecule has 2 rings (SSSR count). The van der Waals surface area contributed by atoms with Crippen LogP contribution < -0.4 is 5.32 Å². The number of carbonyl (C=O) groups is 2. The van der Waals surface area contributed by atoms with Crippen LogP contribution in [0.4, 0.5) is 0 Å². The number of carbonyl (C=O) groups excluding carboxylic acids is 2. The summed E-state index contributed by atoms with van der Waals surface area (Å²) in [7, 11) is 0. The number of nitrogens with zero attached hydrogens (tertiary/aromatic N) is 1. The van der Waals surface area contributed by atoms with Gasteiger partial charge in [-0.1, -0.05) is 28.1 Å². The van der Waals surface area contributed by atoms with Crippen LogP contribution in [-0.2, 0) is 9.59 Å². The Morgan fingerprint density at radius 2 is 2.00 bits per heavy atom. The second kappa shape index (κ2) is 5.79. The Kier molecular flexibility index (Phi) is 4.28. The molecule has 0 saturated carbocycles. The quantitative estimate of drug-likeness (QED) is 0.841. The van der Waals surface area contributed by atoms with Gasteiger partial charge in [0, 0.05) is 23.6 Å². The number of halogens is 1. The standard InChI is InChI=1S/C15H17BrN2O2/c1-15(2)14(20)17-9-10-18(15)13(19)8-5-11-3-6-12(16)7-4-11/h3-8H,9-10H2,1-2H3,(H,17,20). The molecule has 1 saturated heterocycles. The molecule has 1 fully saturated rings. The first kappa shape index (κ1) is 14.8. The topological polar surface area (TPSA) is 49.4 Å². The molecular formula is C15H17BrN2O2. The maximum Gasteiger partial charge on any atom is 0.247 e. The van der Waals surface area contributed by atoms with Gasteiger partial charge >= 0.3 is 0 Å². The van der Waals surface area contributed by atoms with Crippen LogP contribution in [0, 0.1) is 0 Å². The third kappa shape index (κ3) is 3.10. The van der Waals surface area contributed by atoms with E-state index in [2.05, 4.69) is 21.2 Å². The minimum Gasteiger partial charge on any atom is -0.352 e. The van der Waals surface area contributed by atoms with Crippen molar-refractivity contribution in [3.63, 3.8) is 0 Å². The second-order valence-electron chi connectivity index (χ2n) is 5.19. The lowest BCUT2D eigenvalue weighted by Crippen LogP contribution is -2.63. The van der Waals surface area contributed by atoms with Gasteiger partial charge in [0.1, 0.15) is 5.54 Å². The van der Waals surface area contributed by atoms with Gasteiger partial charge < -0.3 is 10.2 Å². The number of piperazine rings is 1. The summed E-state index contributed by atoms with van der Waals surface area (Å²) in [6, 6.07) is 7.68. The van der Waals surface area contributed by atoms with Gasteiger partial charge in [-0.25, -0.2) is 0 Å². The van der Waals surface area contributed by atoms with E-state index in [0.29, 0.717) is 13.1 Å². The molecule has 20 heavy (non-hydrogen) atoms. The van der Waals surface area contributed by atoms with Gasteiger partial charge in [-0.15, -0.1) is 0 Å². The monoisotopic (exact) mass is 336 g/mol. The molecule has 1 aliphatic rings. The van der Waals surface area contributed by atoms with Crippen molar-refractivity contribution in [3.05, 3.63) is 40.4 Å². The molecule has 0 aromatic heterocycles. The summed E-state index contributed by atoms with van der Waals surface area (Å²) in [5, 5.41) is 2.78. The molecule has 1 aliphatic heterocycles. The zero-order chi connectivity index (χ0) is 14.8. The van der Waals surface area contributed by atoms with Crippen molar-refractivity contribution in [3.8, 4) is 0 Å². The van der Waals surface area contributed by atoms with E-state index in [4.69, 9.17) is 0 Å². The summed E-state index contributed by atoms with van der Waals surface area (Å²) in [4.78, 5) is 25.7. The lowest BCUT2D eigenvalue weighted by Gasteiger charge is -2.40. The molecule has 1 aromatic carbocycles. The van der Waals surface area contributed by atoms with E-state index < -0.39 is 5.54 Å². The first-order valence-electron chi connectivity index (χ1n) is 6.45. The van der Waals surface area contributed by atoms with Gasteiger partial charge in [0.05, 0.1) is 0 Å². The SMILES string of the molecule is CC1(C)C(=O)NCCN1C(=O)C=Cc1ccc(Br)cc1. The van der Waals surface area contributed by atoms with Gasteiger partial charge in [-0.05, 0) is 37.6 Å². The van der Waals surface area contributed by atoms with E-state index in [1.165, 1.54) is 6.08 Å². The summed E-state index contributed by atoms with van der Waals surface area (Å²) in [6.07, 6.45) is 3.28. The Morgan fingerprint density at radius 3 is 2.65 bits per heavy atom. The van der Waals surface area contributed by atoms with Crippen LogP contribution in [0.25, 0.3) is 6.08 Å². The number of hydrogen-bond acceptors (Lipinski definition) is 2. The average molecular weight is 337 g/mol. The summed E-state index contributed by atoms with van der Waals surface area (Å²) in [6.45, 7) is 4.54. The molecule has 4 nitrogen and oxygen atoms in total. The number of hydrogen-bond donors (Lipinski definition) is 1. The zero-order valence-electron chi connectivity index (χ0n) is 11.5. The third-order valence-electron chi connectivity index (χ3n) is 3.41. The molecule has 0 bridgehead atoms. The molecule has 0 radical (unpaired) electrons. The third-order valence-corrected chi connectivity index (χ3v) is 3.93. The first-order valence-corrected chi connectivity index (χ1v) is 7.24. The van der Waals surface area contributed by atoms with Crippen molar-refractivity contribution in [2.24, 2.45) is 0 Å². The Balaban J connectivity index is 2.11. The van der Waals surface area contributed by atoms with Gasteiger partial charge in [-0.2, -0.15) is 0 Å². The summed E-state index contributed by atoms with van der Waals surface area (Å²) < 4.78 is 0.995. The lowest BCUT2D eigenvalue weighted by atomic mass is 9.98. The van der Waals surface area contributed by atoms with E-state index in [1.54, 1.807) is 24.8 Å². The van der Waals surface area contributed by atoms with Crippen molar-refractivity contribution in [2.45, 2.75) is 19.4 Å². The van der Waals surface area contributed by atoms with Gasteiger partial charge in [0.25, 0.3) is 0 Å². The lowest BCUT2D eigenvalue weighted by molar-refractivity contribution is -0.146. The molecule has 1 N–H and O–H groups in total. The van der Waals surface area contributed by atoms with Crippen molar-refractivity contribution >= 4 is 33.8 Å². The molecule has 106 valence electrons. The fraction of sp³-hybridized carbons (Fsp3) is 0.333. The summed E-state index contributed by atoms with van der Waals surface area (Å²) in [5.74, 6) is -0.262. The highest BCUT2D eigenvalue weighted by atomic mass is 79.9. The first-order chi connectivity index (χ1) is 9.41. The minimum atomic E-state index is -0.806. The summed E-state index contributed by atoms with van der Waals surface area (Å²) in [5.41, 5.74) is 0.139. The highest BCUT2D eigenvalue weighted by Crippen LogP contribution is 2.18. The Morgan fingerprint density at radius 1 is 1.35 bits per heavy atom. The fourth-order valence-electron chi connectivity index (χ4n) is 2.12. The highest BCUT2D eigenvalue weighted by Gasteiger charge is 2.39. The smallest absolute Gasteiger partial charge is 0.247 e. The van der Waals surface area contributed by atoms with E-state index in [9.17, 15) is 9.59 Å². The van der Waals surface area contributed by atoms with Crippen molar-refractivity contribution < 1.29 is 9.59 Å². The molecule has 0 aliphatic carbocycles. The minimum absolute atomic E-state index is 0.117. The van der Waals surface area contributed by atoms with Crippen molar-refractivity contribution in [2.75, 3.05) is 13.1 Å². The molecular weight excluding hydrogens is 320 g/mol. The van der Waals surface area contributed by atoms with Crippen LogP contribution in [0.15, 0.2) is 34.8 Å². The molecule has 0 unspecified atom stereocenters. The van der Waals surface area contributed by atoms with Crippen LogP contribution in [-0.4, -0.2) is 35.3 Å². The Bertz CT molecular complexity index is 549. The van der Waals surface area contributed by atoms with Gasteiger partial charge in [-0.3, -0.25) is 9.59 Å². The molecule has 0 spiro atoms. The summed E-state index contributed by atoms with van der Waals surface area (Å²) >= 11 is 3.37. The van der Waals surface area contributed by atoms with Gasteiger partial charge in [0.2, 0.25) is 11.8 Å². The largest absolute Gasteiger partial charge is 0.352 e. The zero-order valence-corrected chi connectivity index (χ0v) is 13.1. The molecule has 5 heteroatoms. The van der Waals surface area contributed by atoms with Crippen LogP contribution in [0.2, 0.25) is 0 Å². The number of benzene rings is 1. The van der Waals surface area contributed by atoms with Crippen LogP contribution in [0.3, 0.4) is 0 Å². The van der Waals surface area contributed by atoms with Gasteiger partial charge in [0.15, 0.2) is 0 Å². The normalized spacial score (nSPS) is 18.1. The maximum absolute atomic E-state index is 12.2. The van der Waals surface area contributed by atoms with Crippen LogP contribution in [0.1, 0.15) is 19.4 Å².